The Kier molecular flexibility index (Phi) is 5.73. The highest BCUT2D eigenvalue weighted by atomic mass is 79.9. The molecular weight excluding hydrogens is 360 g/mol. The highest BCUT2D eigenvalue weighted by Gasteiger charge is 2.22. The summed E-state index contributed by atoms with van der Waals surface area (Å²) >= 11 is 9.41. The molecule has 2 aromatic rings. The van der Waals surface area contributed by atoms with E-state index in [2.05, 4.69) is 21.2 Å². The Bertz CT molecular complexity index is 593. The summed E-state index contributed by atoms with van der Waals surface area (Å²) in [6, 6.07) is 8.56. The molecule has 112 valence electrons. The molecule has 0 aliphatic rings. The van der Waals surface area contributed by atoms with Gasteiger partial charge in [-0.3, -0.25) is 0 Å². The van der Waals surface area contributed by atoms with Crippen molar-refractivity contribution in [2.45, 2.75) is 19.4 Å². The van der Waals surface area contributed by atoms with Crippen molar-refractivity contribution in [2.24, 2.45) is 0 Å². The third-order valence-corrected chi connectivity index (χ3v) is 3.78. The molecule has 0 aromatic heterocycles. The van der Waals surface area contributed by atoms with Gasteiger partial charge in [0.25, 0.3) is 0 Å². The molecule has 0 saturated heterocycles. The predicted octanol–water partition coefficient (Wildman–Crippen LogP) is 5.47. The molecule has 1 atom stereocenters. The summed E-state index contributed by atoms with van der Waals surface area (Å²) in [4.78, 5) is 0. The number of rotatable bonds is 5. The predicted molar refractivity (Wildman–Crippen MR) is 85.6 cm³/mol. The minimum absolute atomic E-state index is 0.0140. The first-order valence-corrected chi connectivity index (χ1v) is 7.83. The fourth-order valence-corrected chi connectivity index (χ4v) is 3.09. The van der Waals surface area contributed by atoms with Crippen molar-refractivity contribution in [3.05, 3.63) is 68.7 Å². The van der Waals surface area contributed by atoms with Crippen LogP contribution in [0.3, 0.4) is 0 Å². The lowest BCUT2D eigenvalue weighted by atomic mass is 9.97. The largest absolute Gasteiger partial charge is 0.306 e. The van der Waals surface area contributed by atoms with Crippen molar-refractivity contribution < 1.29 is 8.78 Å². The average molecular weight is 375 g/mol. The number of hydrogen-bond donors (Lipinski definition) is 1. The van der Waals surface area contributed by atoms with E-state index in [4.69, 9.17) is 11.6 Å². The molecular formula is C16H15BrClF2N. The maximum atomic E-state index is 14.1. The number of nitrogens with one attached hydrogen (secondary N) is 1. The molecule has 0 saturated carbocycles. The van der Waals surface area contributed by atoms with E-state index in [-0.39, 0.29) is 5.56 Å². The van der Waals surface area contributed by atoms with Crippen LogP contribution in [0.5, 0.6) is 0 Å². The Morgan fingerprint density at radius 2 is 1.86 bits per heavy atom. The molecule has 5 heteroatoms. The number of halogens is 4. The maximum Gasteiger partial charge on any atom is 0.131 e. The molecule has 0 spiro atoms. The molecule has 0 heterocycles. The first-order valence-electron chi connectivity index (χ1n) is 6.66. The molecule has 0 aliphatic carbocycles. The first-order chi connectivity index (χ1) is 10.0. The summed E-state index contributed by atoms with van der Waals surface area (Å²) in [5.74, 6) is -1.14. The summed E-state index contributed by atoms with van der Waals surface area (Å²) in [7, 11) is 0. The molecule has 1 N–H and O–H groups in total. The zero-order valence-corrected chi connectivity index (χ0v) is 13.8. The Morgan fingerprint density at radius 3 is 2.43 bits per heavy atom. The molecule has 2 aromatic carbocycles. The van der Waals surface area contributed by atoms with E-state index in [9.17, 15) is 8.78 Å². The second kappa shape index (κ2) is 7.34. The molecule has 21 heavy (non-hydrogen) atoms. The van der Waals surface area contributed by atoms with Crippen LogP contribution in [0.15, 0.2) is 40.9 Å². The van der Waals surface area contributed by atoms with E-state index in [1.54, 1.807) is 12.1 Å². The lowest BCUT2D eigenvalue weighted by molar-refractivity contribution is 0.503. The van der Waals surface area contributed by atoms with Gasteiger partial charge in [-0.15, -0.1) is 0 Å². The van der Waals surface area contributed by atoms with Gasteiger partial charge in [-0.25, -0.2) is 8.78 Å². The van der Waals surface area contributed by atoms with Gasteiger partial charge in [0, 0.05) is 15.1 Å². The molecule has 2 rings (SSSR count). The van der Waals surface area contributed by atoms with E-state index in [0.29, 0.717) is 17.1 Å². The smallest absolute Gasteiger partial charge is 0.131 e. The second-order valence-electron chi connectivity index (χ2n) is 4.73. The fourth-order valence-electron chi connectivity index (χ4n) is 2.20. The average Bonchev–Trinajstić information content (AvgIpc) is 2.41. The molecule has 0 fully saturated rings. The Labute approximate surface area is 136 Å². The summed E-state index contributed by atoms with van der Waals surface area (Å²) in [5, 5.41) is 3.69. The van der Waals surface area contributed by atoms with Crippen LogP contribution in [0, 0.1) is 11.6 Å². The number of hydrogen-bond acceptors (Lipinski definition) is 1. The summed E-state index contributed by atoms with van der Waals surface area (Å²) < 4.78 is 28.9. The Hall–Kier alpha value is -0.970. The van der Waals surface area contributed by atoms with Crippen LogP contribution in [0.1, 0.15) is 30.5 Å². The van der Waals surface area contributed by atoms with Crippen LogP contribution in [-0.2, 0) is 0 Å². The van der Waals surface area contributed by atoms with Gasteiger partial charge >= 0.3 is 0 Å². The monoisotopic (exact) mass is 373 g/mol. The van der Waals surface area contributed by atoms with E-state index >= 15 is 0 Å². The zero-order valence-electron chi connectivity index (χ0n) is 11.5. The lowest BCUT2D eigenvalue weighted by Gasteiger charge is -2.21. The Balaban J connectivity index is 2.52. The van der Waals surface area contributed by atoms with Crippen molar-refractivity contribution in [1.82, 2.24) is 5.32 Å². The molecule has 1 nitrogen and oxygen atoms in total. The van der Waals surface area contributed by atoms with Gasteiger partial charge in [-0.1, -0.05) is 40.5 Å². The van der Waals surface area contributed by atoms with Crippen molar-refractivity contribution in [3.63, 3.8) is 0 Å². The second-order valence-corrected chi connectivity index (χ2v) is 6.08. The van der Waals surface area contributed by atoms with Gasteiger partial charge in [-0.05, 0) is 48.9 Å². The fraction of sp³-hybridized carbons (Fsp3) is 0.250. The molecule has 0 aliphatic heterocycles. The van der Waals surface area contributed by atoms with Crippen LogP contribution in [-0.4, -0.2) is 6.54 Å². The Morgan fingerprint density at radius 1 is 1.19 bits per heavy atom. The van der Waals surface area contributed by atoms with Gasteiger partial charge < -0.3 is 5.32 Å². The first kappa shape index (κ1) is 16.4. The topological polar surface area (TPSA) is 12.0 Å². The highest BCUT2D eigenvalue weighted by Crippen LogP contribution is 2.30. The van der Waals surface area contributed by atoms with E-state index in [0.717, 1.165) is 10.9 Å². The van der Waals surface area contributed by atoms with E-state index < -0.39 is 17.7 Å². The van der Waals surface area contributed by atoms with Crippen LogP contribution in [0.2, 0.25) is 5.02 Å². The number of benzene rings is 2. The summed E-state index contributed by atoms with van der Waals surface area (Å²) in [5.41, 5.74) is 0.729. The van der Waals surface area contributed by atoms with Gasteiger partial charge in [0.05, 0.1) is 6.04 Å². The minimum Gasteiger partial charge on any atom is -0.306 e. The minimum atomic E-state index is -0.582. The summed E-state index contributed by atoms with van der Waals surface area (Å²) in [6.07, 6.45) is 0.855. The normalized spacial score (nSPS) is 12.4. The van der Waals surface area contributed by atoms with Crippen molar-refractivity contribution in [3.8, 4) is 0 Å². The maximum absolute atomic E-state index is 14.1. The van der Waals surface area contributed by atoms with Gasteiger partial charge in [0.1, 0.15) is 11.6 Å². The molecule has 0 radical (unpaired) electrons. The zero-order chi connectivity index (χ0) is 15.4. The highest BCUT2D eigenvalue weighted by molar-refractivity contribution is 9.10. The van der Waals surface area contributed by atoms with Gasteiger partial charge in [-0.2, -0.15) is 0 Å². The quantitative estimate of drug-likeness (QED) is 0.732. The van der Waals surface area contributed by atoms with Crippen molar-refractivity contribution >= 4 is 27.5 Å². The standard InChI is InChI=1S/C16H15BrClF2N/c1-2-6-21-16(10-7-11(17)9-12(18)8-10)15-13(19)4-3-5-14(15)20/h3-5,7-9,16,21H,2,6H2,1H3. The third kappa shape index (κ3) is 4.02. The molecule has 0 bridgehead atoms. The third-order valence-electron chi connectivity index (χ3n) is 3.11. The van der Waals surface area contributed by atoms with Crippen molar-refractivity contribution in [1.29, 1.82) is 0 Å². The van der Waals surface area contributed by atoms with Crippen LogP contribution in [0.4, 0.5) is 8.78 Å². The van der Waals surface area contributed by atoms with Crippen LogP contribution >= 0.6 is 27.5 Å². The van der Waals surface area contributed by atoms with Crippen LogP contribution in [0.25, 0.3) is 0 Å². The van der Waals surface area contributed by atoms with E-state index in [1.165, 1.54) is 18.2 Å². The van der Waals surface area contributed by atoms with Crippen molar-refractivity contribution in [2.75, 3.05) is 6.54 Å². The lowest BCUT2D eigenvalue weighted by Crippen LogP contribution is -2.25. The summed E-state index contributed by atoms with van der Waals surface area (Å²) in [6.45, 7) is 2.64. The SMILES string of the molecule is CCCNC(c1cc(Cl)cc(Br)c1)c1c(F)cccc1F. The van der Waals surface area contributed by atoms with Crippen LogP contribution < -0.4 is 5.32 Å². The van der Waals surface area contributed by atoms with Gasteiger partial charge in [0.2, 0.25) is 0 Å². The van der Waals surface area contributed by atoms with E-state index in [1.807, 2.05) is 13.0 Å². The molecule has 1 unspecified atom stereocenters. The van der Waals surface area contributed by atoms with Gasteiger partial charge in [0.15, 0.2) is 0 Å². The molecule has 0 amide bonds.